The molecule has 1 aliphatic heterocycles. The Kier molecular flexibility index (Phi) is 2.94. The third-order valence-corrected chi connectivity index (χ3v) is 3.60. The van der Waals surface area contributed by atoms with E-state index in [1.165, 1.54) is 0 Å². The largest absolute Gasteiger partial charge is 0.507 e. The summed E-state index contributed by atoms with van der Waals surface area (Å²) in [6.07, 6.45) is 1.93. The van der Waals surface area contributed by atoms with Gasteiger partial charge in [-0.1, -0.05) is 12.1 Å². The fourth-order valence-corrected chi connectivity index (χ4v) is 2.69. The maximum atomic E-state index is 11.3. The Labute approximate surface area is 115 Å². The van der Waals surface area contributed by atoms with Gasteiger partial charge in [-0.2, -0.15) is 0 Å². The zero-order chi connectivity index (χ0) is 14.3. The highest BCUT2D eigenvalue weighted by Crippen LogP contribution is 2.34. The number of phenolic OH excluding ortho intramolecular Hbond substituents is 1. The predicted molar refractivity (Wildman–Crippen MR) is 72.4 cm³/mol. The van der Waals surface area contributed by atoms with Gasteiger partial charge < -0.3 is 20.5 Å². The lowest BCUT2D eigenvalue weighted by Gasteiger charge is -2.24. The van der Waals surface area contributed by atoms with E-state index >= 15 is 0 Å². The Balaban J connectivity index is 2.26. The number of carbonyl (C=O) groups is 1. The van der Waals surface area contributed by atoms with E-state index in [1.807, 2.05) is 0 Å². The number of fused-ring (bicyclic) bond motifs is 1. The number of hydrogen-bond donors (Lipinski definition) is 3. The average molecular weight is 273 g/mol. The van der Waals surface area contributed by atoms with Crippen molar-refractivity contribution in [2.75, 3.05) is 0 Å². The molecule has 0 radical (unpaired) electrons. The van der Waals surface area contributed by atoms with E-state index in [-0.39, 0.29) is 17.6 Å². The standard InChI is InChI=1S/C14H15N3O3/c15-11-7-3-5-9-12(14(19)20)16-13(17(9)11)8-4-1-2-6-10(8)18/h1-2,4,6,11,18H,3,5,7,15H2,(H,19,20). The molecule has 4 N–H and O–H groups in total. The molecule has 1 aliphatic rings. The summed E-state index contributed by atoms with van der Waals surface area (Å²) >= 11 is 0. The second-order valence-electron chi connectivity index (χ2n) is 4.88. The molecule has 0 aliphatic carbocycles. The molecule has 0 bridgehead atoms. The van der Waals surface area contributed by atoms with Crippen molar-refractivity contribution >= 4 is 5.97 Å². The molecule has 1 atom stereocenters. The minimum absolute atomic E-state index is 0.0263. The summed E-state index contributed by atoms with van der Waals surface area (Å²) in [5.41, 5.74) is 7.26. The van der Waals surface area contributed by atoms with Gasteiger partial charge in [0.25, 0.3) is 0 Å². The van der Waals surface area contributed by atoms with Crippen molar-refractivity contribution in [2.24, 2.45) is 5.73 Å². The van der Waals surface area contributed by atoms with Crippen LogP contribution in [0.1, 0.15) is 35.2 Å². The molecule has 0 saturated heterocycles. The van der Waals surface area contributed by atoms with Crippen LogP contribution in [-0.2, 0) is 6.42 Å². The number of carboxylic acid groups (broad SMARTS) is 1. The van der Waals surface area contributed by atoms with Crippen LogP contribution in [-0.4, -0.2) is 25.7 Å². The maximum absolute atomic E-state index is 11.3. The van der Waals surface area contributed by atoms with E-state index in [0.29, 0.717) is 23.5 Å². The van der Waals surface area contributed by atoms with Crippen molar-refractivity contribution in [3.63, 3.8) is 0 Å². The zero-order valence-electron chi connectivity index (χ0n) is 10.8. The molecule has 104 valence electrons. The Morgan fingerprint density at radius 1 is 1.40 bits per heavy atom. The third kappa shape index (κ3) is 1.85. The summed E-state index contributed by atoms with van der Waals surface area (Å²) in [5, 5.41) is 19.2. The quantitative estimate of drug-likeness (QED) is 0.773. The zero-order valence-corrected chi connectivity index (χ0v) is 10.8. The second-order valence-corrected chi connectivity index (χ2v) is 4.88. The van der Waals surface area contributed by atoms with Gasteiger partial charge >= 0.3 is 5.97 Å². The molecular weight excluding hydrogens is 258 g/mol. The lowest BCUT2D eigenvalue weighted by Crippen LogP contribution is -2.26. The Hall–Kier alpha value is -2.34. The summed E-state index contributed by atoms with van der Waals surface area (Å²) in [6, 6.07) is 6.73. The van der Waals surface area contributed by atoms with Crippen molar-refractivity contribution in [3.8, 4) is 17.1 Å². The summed E-state index contributed by atoms with van der Waals surface area (Å²) < 4.78 is 1.74. The van der Waals surface area contributed by atoms with Crippen LogP contribution >= 0.6 is 0 Å². The number of benzene rings is 1. The molecule has 3 rings (SSSR count). The number of aromatic hydroxyl groups is 1. The highest BCUT2D eigenvalue weighted by atomic mass is 16.4. The third-order valence-electron chi connectivity index (χ3n) is 3.60. The minimum atomic E-state index is -1.07. The summed E-state index contributed by atoms with van der Waals surface area (Å²) in [4.78, 5) is 15.5. The summed E-state index contributed by atoms with van der Waals surface area (Å²) in [7, 11) is 0. The molecular formula is C14H15N3O3. The number of hydrogen-bond acceptors (Lipinski definition) is 4. The van der Waals surface area contributed by atoms with E-state index in [4.69, 9.17) is 5.73 Å². The van der Waals surface area contributed by atoms with Crippen molar-refractivity contribution in [2.45, 2.75) is 25.4 Å². The number of phenols is 1. The lowest BCUT2D eigenvalue weighted by molar-refractivity contribution is 0.0689. The molecule has 1 aromatic carbocycles. The number of rotatable bonds is 2. The van der Waals surface area contributed by atoms with Gasteiger partial charge in [0, 0.05) is 0 Å². The number of imidazole rings is 1. The maximum Gasteiger partial charge on any atom is 0.356 e. The summed E-state index contributed by atoms with van der Waals surface area (Å²) in [6.45, 7) is 0. The molecule has 0 amide bonds. The van der Waals surface area contributed by atoms with Crippen LogP contribution in [0.25, 0.3) is 11.4 Å². The monoisotopic (exact) mass is 273 g/mol. The molecule has 2 aromatic rings. The average Bonchev–Trinajstić information content (AvgIpc) is 2.80. The summed E-state index contributed by atoms with van der Waals surface area (Å²) in [5.74, 6) is -0.581. The van der Waals surface area contributed by atoms with Gasteiger partial charge in [0.05, 0.1) is 17.4 Å². The fraction of sp³-hybridized carbons (Fsp3) is 0.286. The molecule has 0 saturated carbocycles. The van der Waals surface area contributed by atoms with Crippen molar-refractivity contribution in [3.05, 3.63) is 35.7 Å². The van der Waals surface area contributed by atoms with Crippen LogP contribution in [0.3, 0.4) is 0 Å². The number of nitrogens with zero attached hydrogens (tertiary/aromatic N) is 2. The van der Waals surface area contributed by atoms with Crippen LogP contribution in [0.2, 0.25) is 0 Å². The van der Waals surface area contributed by atoms with Crippen LogP contribution in [0.5, 0.6) is 5.75 Å². The van der Waals surface area contributed by atoms with Crippen molar-refractivity contribution in [1.82, 2.24) is 9.55 Å². The molecule has 20 heavy (non-hydrogen) atoms. The van der Waals surface area contributed by atoms with Gasteiger partial charge in [-0.05, 0) is 31.4 Å². The van der Waals surface area contributed by atoms with Crippen LogP contribution < -0.4 is 5.73 Å². The minimum Gasteiger partial charge on any atom is -0.507 e. The molecule has 6 nitrogen and oxygen atoms in total. The molecule has 0 fully saturated rings. The van der Waals surface area contributed by atoms with Crippen LogP contribution in [0, 0.1) is 0 Å². The van der Waals surface area contributed by atoms with Gasteiger partial charge in [-0.3, -0.25) is 0 Å². The highest BCUT2D eigenvalue weighted by Gasteiger charge is 2.29. The molecule has 2 heterocycles. The Morgan fingerprint density at radius 3 is 2.85 bits per heavy atom. The number of nitrogens with two attached hydrogens (primary N) is 1. The van der Waals surface area contributed by atoms with Gasteiger partial charge in [0.15, 0.2) is 5.69 Å². The molecule has 6 heteroatoms. The van der Waals surface area contributed by atoms with Crippen LogP contribution in [0.15, 0.2) is 24.3 Å². The topological polar surface area (TPSA) is 101 Å². The molecule has 1 aromatic heterocycles. The van der Waals surface area contributed by atoms with Gasteiger partial charge in [-0.15, -0.1) is 0 Å². The Bertz CT molecular complexity index is 678. The van der Waals surface area contributed by atoms with E-state index < -0.39 is 5.97 Å². The van der Waals surface area contributed by atoms with Crippen molar-refractivity contribution in [1.29, 1.82) is 0 Å². The molecule has 1 unspecified atom stereocenters. The first-order valence-electron chi connectivity index (χ1n) is 6.48. The van der Waals surface area contributed by atoms with Gasteiger partial charge in [0.1, 0.15) is 11.6 Å². The van der Waals surface area contributed by atoms with Crippen LogP contribution in [0.4, 0.5) is 0 Å². The number of carboxylic acids is 1. The van der Waals surface area contributed by atoms with E-state index in [0.717, 1.165) is 12.8 Å². The lowest BCUT2D eigenvalue weighted by atomic mass is 10.1. The van der Waals surface area contributed by atoms with Crippen molar-refractivity contribution < 1.29 is 15.0 Å². The predicted octanol–water partition coefficient (Wildman–Crippen LogP) is 1.75. The van der Waals surface area contributed by atoms with Gasteiger partial charge in [0.2, 0.25) is 0 Å². The SMILES string of the molecule is NC1CCCc2c(C(=O)O)nc(-c3ccccc3O)n21. The first-order valence-corrected chi connectivity index (χ1v) is 6.48. The molecule has 0 spiro atoms. The normalized spacial score (nSPS) is 17.8. The van der Waals surface area contributed by atoms with E-state index in [1.54, 1.807) is 28.8 Å². The van der Waals surface area contributed by atoms with Gasteiger partial charge in [-0.25, -0.2) is 9.78 Å². The fourth-order valence-electron chi connectivity index (χ4n) is 2.69. The van der Waals surface area contributed by atoms with E-state index in [9.17, 15) is 15.0 Å². The second kappa shape index (κ2) is 4.64. The Morgan fingerprint density at radius 2 is 2.15 bits per heavy atom. The number of aromatic carboxylic acids is 1. The first-order chi connectivity index (χ1) is 9.59. The highest BCUT2D eigenvalue weighted by molar-refractivity contribution is 5.88. The first kappa shape index (κ1) is 12.7. The smallest absolute Gasteiger partial charge is 0.356 e. The number of aromatic nitrogens is 2. The van der Waals surface area contributed by atoms with E-state index in [2.05, 4.69) is 4.98 Å². The number of para-hydroxylation sites is 1.